The van der Waals surface area contributed by atoms with Crippen LogP contribution in [0, 0.1) is 11.3 Å². The lowest BCUT2D eigenvalue weighted by molar-refractivity contribution is -0.141. The van der Waals surface area contributed by atoms with Gasteiger partial charge in [-0.1, -0.05) is 32.9 Å². The van der Waals surface area contributed by atoms with Crippen LogP contribution >= 0.6 is 0 Å². The summed E-state index contributed by atoms with van der Waals surface area (Å²) in [4.78, 5) is 52.4. The molecule has 14 heteroatoms. The van der Waals surface area contributed by atoms with E-state index in [4.69, 9.17) is 9.47 Å². The molecule has 49 heavy (non-hydrogen) atoms. The summed E-state index contributed by atoms with van der Waals surface area (Å²) in [5, 5.41) is 7.04. The second-order valence-electron chi connectivity index (χ2n) is 14.0. The Kier molecular flexibility index (Phi) is 9.03. The van der Waals surface area contributed by atoms with Crippen molar-refractivity contribution in [2.75, 3.05) is 19.0 Å². The number of carbonyl (C=O) groups is 3. The van der Waals surface area contributed by atoms with Gasteiger partial charge in [-0.15, -0.1) is 6.58 Å². The van der Waals surface area contributed by atoms with Gasteiger partial charge in [-0.25, -0.2) is 18.4 Å². The van der Waals surface area contributed by atoms with Gasteiger partial charge in [-0.05, 0) is 66.5 Å². The third kappa shape index (κ3) is 7.05. The van der Waals surface area contributed by atoms with Crippen molar-refractivity contribution in [3.63, 3.8) is 0 Å². The van der Waals surface area contributed by atoms with Crippen LogP contribution in [0.1, 0.15) is 46.5 Å². The summed E-state index contributed by atoms with van der Waals surface area (Å²) in [5.74, 6) is -0.719. The SMILES string of the molecule is C=C[C@@H]1C[C@]1(NC(=O)[C@@H]1C[C@@H](Oc2nccc3cc(OC)ccc23)CN1C(=O)[C@H](Nc1ccccn1)C(C)(C)C)C(=O)NS(=O)(=O)C1CC1. The van der Waals surface area contributed by atoms with Crippen LogP contribution in [-0.2, 0) is 24.4 Å². The first kappa shape index (κ1) is 34.2. The van der Waals surface area contributed by atoms with Gasteiger partial charge in [-0.3, -0.25) is 19.1 Å². The molecule has 3 amide bonds. The molecular formula is C35H42N6O7S. The van der Waals surface area contributed by atoms with E-state index in [9.17, 15) is 22.8 Å². The summed E-state index contributed by atoms with van der Waals surface area (Å²) in [7, 11) is -2.28. The van der Waals surface area contributed by atoms with Gasteiger partial charge in [0.05, 0.1) is 18.9 Å². The Morgan fingerprint density at radius 3 is 2.51 bits per heavy atom. The molecule has 6 rings (SSSR count). The number of methoxy groups -OCH3 is 1. The van der Waals surface area contributed by atoms with E-state index in [0.29, 0.717) is 30.3 Å². The molecule has 2 aromatic heterocycles. The van der Waals surface area contributed by atoms with Crippen LogP contribution in [0.25, 0.3) is 10.8 Å². The van der Waals surface area contributed by atoms with E-state index in [1.165, 1.54) is 11.0 Å². The highest BCUT2D eigenvalue weighted by Crippen LogP contribution is 2.45. The Hall–Kier alpha value is -4.72. The van der Waals surface area contributed by atoms with E-state index in [0.717, 1.165) is 10.8 Å². The minimum absolute atomic E-state index is 0.0573. The first-order valence-corrected chi connectivity index (χ1v) is 17.9. The van der Waals surface area contributed by atoms with Gasteiger partial charge in [0.15, 0.2) is 0 Å². The van der Waals surface area contributed by atoms with Crippen molar-refractivity contribution < 1.29 is 32.3 Å². The number of hydrogen-bond donors (Lipinski definition) is 3. The standard InChI is InChI=1S/C35H42N6O7S/c1-6-22-19-35(22,33(44)40-49(45,46)25-11-12-25)39-30(42)27-18-24(48-31-26-13-10-23(47-5)17-21(26)14-16-37-31)20-41(27)32(43)29(34(2,3)4)38-28-9-7-8-15-36-28/h6-10,13-17,22,24-25,27,29H,1,11-12,18-20H2,2-5H3,(H,36,38)(H,39,42)(H,40,44)/t22-,24-,27+,29+,35-/m1/s1. The predicted molar refractivity (Wildman–Crippen MR) is 183 cm³/mol. The minimum Gasteiger partial charge on any atom is -0.497 e. The molecule has 1 saturated heterocycles. The van der Waals surface area contributed by atoms with Crippen molar-refractivity contribution >= 4 is 44.3 Å². The summed E-state index contributed by atoms with van der Waals surface area (Å²) in [6, 6.07) is 10.8. The van der Waals surface area contributed by atoms with Gasteiger partial charge < -0.3 is 25.0 Å². The Labute approximate surface area is 285 Å². The van der Waals surface area contributed by atoms with Crippen LogP contribution in [0.3, 0.4) is 0 Å². The van der Waals surface area contributed by atoms with Gasteiger partial charge >= 0.3 is 0 Å². The molecule has 0 radical (unpaired) electrons. The van der Waals surface area contributed by atoms with Crippen molar-refractivity contribution in [1.82, 2.24) is 24.9 Å². The highest BCUT2D eigenvalue weighted by Gasteiger charge is 2.62. The number of carbonyl (C=O) groups excluding carboxylic acids is 3. The molecule has 2 aliphatic carbocycles. The number of sulfonamides is 1. The molecule has 0 unspecified atom stereocenters. The zero-order chi connectivity index (χ0) is 35.1. The van der Waals surface area contributed by atoms with Gasteiger partial charge in [0.2, 0.25) is 27.7 Å². The van der Waals surface area contributed by atoms with E-state index >= 15 is 0 Å². The molecule has 1 aromatic carbocycles. The van der Waals surface area contributed by atoms with Crippen molar-refractivity contribution in [2.45, 2.75) is 75.4 Å². The van der Waals surface area contributed by atoms with Crippen LogP contribution in [0.2, 0.25) is 0 Å². The van der Waals surface area contributed by atoms with E-state index in [1.807, 2.05) is 45.0 Å². The lowest BCUT2D eigenvalue weighted by Gasteiger charge is -2.36. The molecule has 3 aliphatic rings. The maximum absolute atomic E-state index is 14.5. The fourth-order valence-corrected chi connectivity index (χ4v) is 7.68. The average Bonchev–Trinajstić information content (AvgIpc) is 4.00. The smallest absolute Gasteiger partial charge is 0.259 e. The summed E-state index contributed by atoms with van der Waals surface area (Å²) in [5.41, 5.74) is -2.10. The number of benzene rings is 1. The third-order valence-corrected chi connectivity index (χ3v) is 11.2. The zero-order valence-electron chi connectivity index (χ0n) is 28.0. The van der Waals surface area contributed by atoms with E-state index in [-0.39, 0.29) is 25.3 Å². The largest absolute Gasteiger partial charge is 0.497 e. The fraction of sp³-hybridized carbons (Fsp3) is 0.457. The lowest BCUT2D eigenvalue weighted by Crippen LogP contribution is -2.58. The van der Waals surface area contributed by atoms with E-state index < -0.39 is 62.1 Å². The third-order valence-electron chi connectivity index (χ3n) is 9.38. The van der Waals surface area contributed by atoms with Gasteiger partial charge in [-0.2, -0.15) is 0 Å². The molecule has 2 saturated carbocycles. The Morgan fingerprint density at radius 1 is 1.10 bits per heavy atom. The first-order chi connectivity index (χ1) is 23.3. The Bertz CT molecular complexity index is 1880. The number of likely N-dealkylation sites (tertiary alicyclic amines) is 1. The lowest BCUT2D eigenvalue weighted by atomic mass is 9.85. The maximum atomic E-state index is 14.5. The van der Waals surface area contributed by atoms with Gasteiger partial charge in [0.25, 0.3) is 5.91 Å². The van der Waals surface area contributed by atoms with Crippen LogP contribution in [-0.4, -0.2) is 83.6 Å². The Morgan fingerprint density at radius 2 is 1.88 bits per heavy atom. The van der Waals surface area contributed by atoms with Crippen molar-refractivity contribution in [3.05, 3.63) is 67.5 Å². The summed E-state index contributed by atoms with van der Waals surface area (Å²) in [6.45, 7) is 9.58. The number of anilines is 1. The highest BCUT2D eigenvalue weighted by molar-refractivity contribution is 7.91. The molecule has 0 bridgehead atoms. The number of nitrogens with zero attached hydrogens (tertiary/aromatic N) is 3. The average molecular weight is 691 g/mol. The number of nitrogens with one attached hydrogen (secondary N) is 3. The zero-order valence-corrected chi connectivity index (χ0v) is 28.8. The summed E-state index contributed by atoms with van der Waals surface area (Å²) < 4.78 is 39.3. The molecule has 5 atom stereocenters. The molecule has 3 heterocycles. The predicted octanol–water partition coefficient (Wildman–Crippen LogP) is 3.18. The molecule has 3 N–H and O–H groups in total. The second kappa shape index (κ2) is 13.0. The van der Waals surface area contributed by atoms with Gasteiger partial charge in [0, 0.05) is 30.1 Å². The monoisotopic (exact) mass is 690 g/mol. The number of fused-ring (bicyclic) bond motifs is 1. The second-order valence-corrected chi connectivity index (χ2v) is 16.0. The Balaban J connectivity index is 1.29. The maximum Gasteiger partial charge on any atom is 0.259 e. The number of hydrogen-bond acceptors (Lipinski definition) is 10. The van der Waals surface area contributed by atoms with Crippen molar-refractivity contribution in [3.8, 4) is 11.6 Å². The van der Waals surface area contributed by atoms with Crippen molar-refractivity contribution in [1.29, 1.82) is 0 Å². The number of rotatable bonds is 12. The number of ether oxygens (including phenoxy) is 2. The molecule has 3 fully saturated rings. The topological polar surface area (TPSA) is 169 Å². The molecule has 260 valence electrons. The highest BCUT2D eigenvalue weighted by atomic mass is 32.2. The summed E-state index contributed by atoms with van der Waals surface area (Å²) in [6.07, 6.45) is 5.38. The fourth-order valence-electron chi connectivity index (χ4n) is 6.31. The number of pyridine rings is 2. The molecular weight excluding hydrogens is 648 g/mol. The van der Waals surface area contributed by atoms with Crippen LogP contribution in [0.15, 0.2) is 67.5 Å². The van der Waals surface area contributed by atoms with E-state index in [1.54, 1.807) is 37.7 Å². The van der Waals surface area contributed by atoms with Gasteiger partial charge in [0.1, 0.15) is 35.3 Å². The number of amides is 3. The molecule has 3 aromatic rings. The quantitative estimate of drug-likeness (QED) is 0.240. The molecule has 13 nitrogen and oxygen atoms in total. The normalized spacial score (nSPS) is 24.1. The van der Waals surface area contributed by atoms with Crippen LogP contribution < -0.4 is 24.8 Å². The first-order valence-electron chi connectivity index (χ1n) is 16.3. The van der Waals surface area contributed by atoms with E-state index in [2.05, 4.69) is 31.9 Å². The van der Waals surface area contributed by atoms with Crippen LogP contribution in [0.4, 0.5) is 5.82 Å². The minimum atomic E-state index is -3.86. The number of aromatic nitrogens is 2. The van der Waals surface area contributed by atoms with Crippen molar-refractivity contribution in [2.24, 2.45) is 11.3 Å². The summed E-state index contributed by atoms with van der Waals surface area (Å²) >= 11 is 0. The molecule has 1 aliphatic heterocycles. The van der Waals surface area contributed by atoms with Crippen LogP contribution in [0.5, 0.6) is 11.6 Å². The molecule has 0 spiro atoms.